The standard InChI is InChI=1S/C16H14BrF2NO/c1-9(2)10-3-5-12(6-4-10)20-16(21)15-13(18)7-11(17)8-14(15)19/h3-9H,1-2H3,(H,20,21). The molecular formula is C16H14BrF2NO. The Morgan fingerprint density at radius 2 is 1.62 bits per heavy atom. The topological polar surface area (TPSA) is 29.1 Å². The van der Waals surface area contributed by atoms with Gasteiger partial charge in [0, 0.05) is 10.2 Å². The van der Waals surface area contributed by atoms with Gasteiger partial charge < -0.3 is 5.32 Å². The van der Waals surface area contributed by atoms with Gasteiger partial charge in [0.15, 0.2) is 0 Å². The van der Waals surface area contributed by atoms with Crippen molar-refractivity contribution in [2.24, 2.45) is 0 Å². The third kappa shape index (κ3) is 3.67. The maximum absolute atomic E-state index is 13.7. The zero-order chi connectivity index (χ0) is 15.6. The Hall–Kier alpha value is -1.75. The molecule has 2 aromatic carbocycles. The highest BCUT2D eigenvalue weighted by atomic mass is 79.9. The molecule has 0 aliphatic carbocycles. The highest BCUT2D eigenvalue weighted by molar-refractivity contribution is 9.10. The van der Waals surface area contributed by atoms with Crippen LogP contribution in [0, 0.1) is 11.6 Å². The molecule has 0 aliphatic heterocycles. The van der Waals surface area contributed by atoms with Gasteiger partial charge in [0.05, 0.1) is 0 Å². The van der Waals surface area contributed by atoms with Crippen molar-refractivity contribution in [2.75, 3.05) is 5.32 Å². The first kappa shape index (κ1) is 15.6. The fourth-order valence-electron chi connectivity index (χ4n) is 1.90. The van der Waals surface area contributed by atoms with Crippen LogP contribution in [-0.2, 0) is 0 Å². The molecule has 0 atom stereocenters. The lowest BCUT2D eigenvalue weighted by molar-refractivity contribution is 0.101. The summed E-state index contributed by atoms with van der Waals surface area (Å²) >= 11 is 2.97. The van der Waals surface area contributed by atoms with E-state index in [0.29, 0.717) is 11.6 Å². The fourth-order valence-corrected chi connectivity index (χ4v) is 2.31. The third-order valence-corrected chi connectivity index (χ3v) is 3.53. The van der Waals surface area contributed by atoms with Crippen LogP contribution in [-0.4, -0.2) is 5.91 Å². The number of carbonyl (C=O) groups excluding carboxylic acids is 1. The van der Waals surface area contributed by atoms with E-state index in [1.165, 1.54) is 0 Å². The quantitative estimate of drug-likeness (QED) is 0.816. The molecule has 0 unspecified atom stereocenters. The molecule has 1 amide bonds. The summed E-state index contributed by atoms with van der Waals surface area (Å²) in [6.45, 7) is 4.11. The van der Waals surface area contributed by atoms with Crippen molar-refractivity contribution in [1.82, 2.24) is 0 Å². The molecule has 0 aliphatic rings. The smallest absolute Gasteiger partial charge is 0.261 e. The summed E-state index contributed by atoms with van der Waals surface area (Å²) < 4.78 is 27.7. The van der Waals surface area contributed by atoms with Crippen LogP contribution in [0.15, 0.2) is 40.9 Å². The lowest BCUT2D eigenvalue weighted by Gasteiger charge is -2.09. The molecule has 1 N–H and O–H groups in total. The van der Waals surface area contributed by atoms with E-state index in [1.54, 1.807) is 12.1 Å². The molecule has 0 spiro atoms. The monoisotopic (exact) mass is 353 g/mol. The Balaban J connectivity index is 2.22. The van der Waals surface area contributed by atoms with Crippen LogP contribution >= 0.6 is 15.9 Å². The molecule has 21 heavy (non-hydrogen) atoms. The Bertz CT molecular complexity index is 645. The molecule has 5 heteroatoms. The summed E-state index contributed by atoms with van der Waals surface area (Å²) in [6.07, 6.45) is 0. The SMILES string of the molecule is CC(C)c1ccc(NC(=O)c2c(F)cc(Br)cc2F)cc1. The van der Waals surface area contributed by atoms with Crippen molar-refractivity contribution in [2.45, 2.75) is 19.8 Å². The van der Waals surface area contributed by atoms with Crippen molar-refractivity contribution in [3.8, 4) is 0 Å². The molecule has 0 heterocycles. The summed E-state index contributed by atoms with van der Waals surface area (Å²) in [6, 6.07) is 9.27. The van der Waals surface area contributed by atoms with E-state index in [9.17, 15) is 13.6 Å². The van der Waals surface area contributed by atoms with Crippen LogP contribution in [0.25, 0.3) is 0 Å². The molecule has 0 bridgehead atoms. The minimum absolute atomic E-state index is 0.246. The number of anilines is 1. The number of halogens is 3. The highest BCUT2D eigenvalue weighted by Crippen LogP contribution is 2.22. The Kier molecular flexibility index (Phi) is 4.73. The zero-order valence-electron chi connectivity index (χ0n) is 11.6. The molecule has 0 aromatic heterocycles. The lowest BCUT2D eigenvalue weighted by Crippen LogP contribution is -2.16. The molecular weight excluding hydrogens is 340 g/mol. The van der Waals surface area contributed by atoms with Gasteiger partial charge in [-0.15, -0.1) is 0 Å². The van der Waals surface area contributed by atoms with E-state index >= 15 is 0 Å². The Morgan fingerprint density at radius 1 is 1.10 bits per heavy atom. The number of benzene rings is 2. The average molecular weight is 354 g/mol. The normalized spacial score (nSPS) is 10.8. The van der Waals surface area contributed by atoms with Crippen LogP contribution in [0.1, 0.15) is 35.7 Å². The lowest BCUT2D eigenvalue weighted by atomic mass is 10.0. The van der Waals surface area contributed by atoms with E-state index in [2.05, 4.69) is 35.1 Å². The van der Waals surface area contributed by atoms with E-state index in [-0.39, 0.29) is 4.47 Å². The summed E-state index contributed by atoms with van der Waals surface area (Å²) in [5, 5.41) is 2.49. The van der Waals surface area contributed by atoms with Gasteiger partial charge in [-0.2, -0.15) is 0 Å². The molecule has 0 fully saturated rings. The van der Waals surface area contributed by atoms with E-state index < -0.39 is 23.1 Å². The van der Waals surface area contributed by atoms with Gasteiger partial charge in [-0.25, -0.2) is 8.78 Å². The van der Waals surface area contributed by atoms with Gasteiger partial charge in [-0.1, -0.05) is 41.9 Å². The first-order valence-corrected chi connectivity index (χ1v) is 7.23. The summed E-state index contributed by atoms with van der Waals surface area (Å²) in [5.74, 6) is -2.25. The second-order valence-electron chi connectivity index (χ2n) is 4.98. The predicted molar refractivity (Wildman–Crippen MR) is 82.5 cm³/mol. The molecule has 2 rings (SSSR count). The van der Waals surface area contributed by atoms with E-state index in [4.69, 9.17) is 0 Å². The summed E-state index contributed by atoms with van der Waals surface area (Å²) in [4.78, 5) is 12.0. The minimum Gasteiger partial charge on any atom is -0.322 e. The van der Waals surface area contributed by atoms with Crippen LogP contribution in [0.4, 0.5) is 14.5 Å². The molecule has 2 nitrogen and oxygen atoms in total. The van der Waals surface area contributed by atoms with Gasteiger partial charge in [-0.05, 0) is 35.7 Å². The first-order valence-electron chi connectivity index (χ1n) is 6.44. The van der Waals surface area contributed by atoms with Crippen molar-refractivity contribution in [3.05, 3.63) is 63.6 Å². The van der Waals surface area contributed by atoms with E-state index in [1.807, 2.05) is 12.1 Å². The third-order valence-electron chi connectivity index (χ3n) is 3.07. The Morgan fingerprint density at radius 3 is 2.10 bits per heavy atom. The van der Waals surface area contributed by atoms with Crippen molar-refractivity contribution in [3.63, 3.8) is 0 Å². The largest absolute Gasteiger partial charge is 0.322 e. The molecule has 0 saturated heterocycles. The number of carbonyl (C=O) groups is 1. The zero-order valence-corrected chi connectivity index (χ0v) is 13.2. The maximum atomic E-state index is 13.7. The van der Waals surface area contributed by atoms with Crippen LogP contribution < -0.4 is 5.32 Å². The Labute approximate surface area is 130 Å². The minimum atomic E-state index is -0.904. The van der Waals surface area contributed by atoms with E-state index in [0.717, 1.165) is 17.7 Å². The summed E-state index contributed by atoms with van der Waals surface area (Å²) in [5.41, 5.74) is 1.02. The van der Waals surface area contributed by atoms with Gasteiger partial charge in [0.25, 0.3) is 5.91 Å². The van der Waals surface area contributed by atoms with Crippen LogP contribution in [0.5, 0.6) is 0 Å². The van der Waals surface area contributed by atoms with Crippen LogP contribution in [0.2, 0.25) is 0 Å². The van der Waals surface area contributed by atoms with Crippen molar-refractivity contribution >= 4 is 27.5 Å². The maximum Gasteiger partial charge on any atom is 0.261 e. The number of hydrogen-bond donors (Lipinski definition) is 1. The number of amides is 1. The number of rotatable bonds is 3. The number of nitrogens with one attached hydrogen (secondary N) is 1. The average Bonchev–Trinajstić information content (AvgIpc) is 2.37. The number of hydrogen-bond acceptors (Lipinski definition) is 1. The fraction of sp³-hybridized carbons (Fsp3) is 0.188. The second kappa shape index (κ2) is 6.35. The molecule has 0 radical (unpaired) electrons. The van der Waals surface area contributed by atoms with Gasteiger partial charge in [-0.3, -0.25) is 4.79 Å². The van der Waals surface area contributed by atoms with Gasteiger partial charge in [0.1, 0.15) is 17.2 Å². The molecule has 110 valence electrons. The molecule has 0 saturated carbocycles. The van der Waals surface area contributed by atoms with Crippen molar-refractivity contribution in [1.29, 1.82) is 0 Å². The predicted octanol–water partition coefficient (Wildman–Crippen LogP) is 5.10. The molecule has 2 aromatic rings. The first-order chi connectivity index (χ1) is 9.88. The van der Waals surface area contributed by atoms with Crippen molar-refractivity contribution < 1.29 is 13.6 Å². The van der Waals surface area contributed by atoms with Gasteiger partial charge in [0.2, 0.25) is 0 Å². The second-order valence-corrected chi connectivity index (χ2v) is 5.89. The highest BCUT2D eigenvalue weighted by Gasteiger charge is 2.18. The summed E-state index contributed by atoms with van der Waals surface area (Å²) in [7, 11) is 0. The van der Waals surface area contributed by atoms with Crippen LogP contribution in [0.3, 0.4) is 0 Å². The van der Waals surface area contributed by atoms with Gasteiger partial charge >= 0.3 is 0 Å².